The number of imide groups is 1. The average Bonchev–Trinajstić information content (AvgIpc) is 2.99. The number of amides is 3. The van der Waals surface area contributed by atoms with E-state index in [0.717, 1.165) is 17.0 Å². The van der Waals surface area contributed by atoms with Gasteiger partial charge in [0.2, 0.25) is 5.91 Å². The molecule has 3 aromatic carbocycles. The number of benzene rings is 3. The second-order valence-corrected chi connectivity index (χ2v) is 7.48. The largest absolute Gasteiger partial charge is 0.416 e. The zero-order valence-electron chi connectivity index (χ0n) is 16.2. The summed E-state index contributed by atoms with van der Waals surface area (Å²) in [7, 11) is 0. The van der Waals surface area contributed by atoms with Crippen LogP contribution >= 0.6 is 11.6 Å². The Morgan fingerprint density at radius 1 is 0.906 bits per heavy atom. The van der Waals surface area contributed by atoms with Gasteiger partial charge in [0.15, 0.2) is 0 Å². The summed E-state index contributed by atoms with van der Waals surface area (Å²) in [5.41, 5.74) is 0.664. The molecule has 3 amide bonds. The van der Waals surface area contributed by atoms with E-state index in [9.17, 15) is 27.6 Å². The number of alkyl halides is 3. The molecule has 162 valence electrons. The summed E-state index contributed by atoms with van der Waals surface area (Å²) in [6.45, 7) is 0. The maximum Gasteiger partial charge on any atom is 0.416 e. The Morgan fingerprint density at radius 2 is 1.50 bits per heavy atom. The minimum absolute atomic E-state index is 0.0758. The van der Waals surface area contributed by atoms with Gasteiger partial charge in [0.1, 0.15) is 0 Å². The van der Waals surface area contributed by atoms with Gasteiger partial charge in [0, 0.05) is 5.69 Å². The first-order chi connectivity index (χ1) is 15.1. The molecule has 9 heteroatoms. The predicted molar refractivity (Wildman–Crippen MR) is 113 cm³/mol. The van der Waals surface area contributed by atoms with Crippen LogP contribution in [0.1, 0.15) is 31.8 Å². The quantitative estimate of drug-likeness (QED) is 0.537. The van der Waals surface area contributed by atoms with Crippen LogP contribution in [-0.4, -0.2) is 17.7 Å². The van der Waals surface area contributed by atoms with Crippen molar-refractivity contribution in [3.05, 3.63) is 94.0 Å². The summed E-state index contributed by atoms with van der Waals surface area (Å²) in [6, 6.07) is 15.0. The number of hydrogen-bond donors (Lipinski definition) is 1. The SMILES string of the molecule is O=C(Cc1ccc(C(F)(F)F)cc1)Nc1ccc(N2C(=O)c3ccccc3C2=O)c(Cl)c1. The molecule has 0 aliphatic carbocycles. The Bertz CT molecular complexity index is 1200. The molecule has 32 heavy (non-hydrogen) atoms. The smallest absolute Gasteiger partial charge is 0.326 e. The van der Waals surface area contributed by atoms with Crippen LogP contribution in [0.4, 0.5) is 24.5 Å². The van der Waals surface area contributed by atoms with E-state index in [1.807, 2.05) is 0 Å². The molecule has 3 aromatic rings. The first kappa shape index (κ1) is 21.6. The lowest BCUT2D eigenvalue weighted by molar-refractivity contribution is -0.137. The van der Waals surface area contributed by atoms with Crippen LogP contribution in [0.25, 0.3) is 0 Å². The minimum Gasteiger partial charge on any atom is -0.326 e. The van der Waals surface area contributed by atoms with Gasteiger partial charge in [0.05, 0.1) is 33.8 Å². The average molecular weight is 459 g/mol. The van der Waals surface area contributed by atoms with Gasteiger partial charge in [-0.3, -0.25) is 14.4 Å². The van der Waals surface area contributed by atoms with Crippen molar-refractivity contribution in [3.63, 3.8) is 0 Å². The van der Waals surface area contributed by atoms with Crippen molar-refractivity contribution in [2.45, 2.75) is 12.6 Å². The van der Waals surface area contributed by atoms with Crippen LogP contribution in [0, 0.1) is 0 Å². The van der Waals surface area contributed by atoms with E-state index >= 15 is 0 Å². The van der Waals surface area contributed by atoms with Crippen LogP contribution in [0.5, 0.6) is 0 Å². The number of fused-ring (bicyclic) bond motifs is 1. The van der Waals surface area contributed by atoms with E-state index in [-0.39, 0.29) is 28.3 Å². The highest BCUT2D eigenvalue weighted by Crippen LogP contribution is 2.35. The number of anilines is 2. The number of halogens is 4. The third-order valence-electron chi connectivity index (χ3n) is 4.91. The fourth-order valence-corrected chi connectivity index (χ4v) is 3.64. The van der Waals surface area contributed by atoms with Gasteiger partial charge in [-0.2, -0.15) is 13.2 Å². The Kier molecular flexibility index (Phi) is 5.48. The lowest BCUT2D eigenvalue weighted by atomic mass is 10.1. The molecule has 1 heterocycles. The van der Waals surface area contributed by atoms with Crippen molar-refractivity contribution in [3.8, 4) is 0 Å². The highest BCUT2D eigenvalue weighted by molar-refractivity contribution is 6.40. The standard InChI is InChI=1S/C23H14ClF3N2O3/c24-18-12-15(28-20(30)11-13-5-7-14(8-6-13)23(25,26)27)9-10-19(18)29-21(31)16-3-1-2-4-17(16)22(29)32/h1-10,12H,11H2,(H,28,30). The molecule has 4 rings (SSSR count). The molecular weight excluding hydrogens is 445 g/mol. The van der Waals surface area contributed by atoms with Crippen molar-refractivity contribution in [2.75, 3.05) is 10.2 Å². The molecule has 0 bridgehead atoms. The molecule has 1 N–H and O–H groups in total. The molecule has 0 fully saturated rings. The van der Waals surface area contributed by atoms with E-state index in [2.05, 4.69) is 5.32 Å². The fraction of sp³-hybridized carbons (Fsp3) is 0.0870. The van der Waals surface area contributed by atoms with Crippen molar-refractivity contribution in [2.24, 2.45) is 0 Å². The molecule has 0 aromatic heterocycles. The first-order valence-corrected chi connectivity index (χ1v) is 9.76. The van der Waals surface area contributed by atoms with Gasteiger partial charge < -0.3 is 5.32 Å². The second-order valence-electron chi connectivity index (χ2n) is 7.08. The molecule has 0 atom stereocenters. The minimum atomic E-state index is -4.45. The van der Waals surface area contributed by atoms with Crippen molar-refractivity contribution in [1.82, 2.24) is 0 Å². The third-order valence-corrected chi connectivity index (χ3v) is 5.22. The van der Waals surface area contributed by atoms with Crippen molar-refractivity contribution < 1.29 is 27.6 Å². The van der Waals surface area contributed by atoms with Gasteiger partial charge in [0.25, 0.3) is 11.8 Å². The molecule has 0 spiro atoms. The van der Waals surface area contributed by atoms with Crippen LogP contribution in [0.3, 0.4) is 0 Å². The maximum atomic E-state index is 12.6. The number of carbonyl (C=O) groups is 3. The van der Waals surface area contributed by atoms with Crippen molar-refractivity contribution >= 4 is 40.7 Å². The Hall–Kier alpha value is -3.65. The van der Waals surface area contributed by atoms with Crippen LogP contribution in [-0.2, 0) is 17.4 Å². The number of carbonyl (C=O) groups excluding carboxylic acids is 3. The molecule has 0 radical (unpaired) electrons. The summed E-state index contributed by atoms with van der Waals surface area (Å²) in [5.74, 6) is -1.45. The van der Waals surface area contributed by atoms with Crippen LogP contribution < -0.4 is 10.2 Å². The molecule has 1 aliphatic rings. The number of nitrogens with one attached hydrogen (secondary N) is 1. The lowest BCUT2D eigenvalue weighted by Crippen LogP contribution is -2.29. The summed E-state index contributed by atoms with van der Waals surface area (Å²) >= 11 is 6.28. The van der Waals surface area contributed by atoms with Crippen molar-refractivity contribution in [1.29, 1.82) is 0 Å². The van der Waals surface area contributed by atoms with E-state index in [0.29, 0.717) is 11.3 Å². The Labute approximate surface area is 185 Å². The number of rotatable bonds is 4. The highest BCUT2D eigenvalue weighted by Gasteiger charge is 2.37. The Morgan fingerprint density at radius 3 is 2.03 bits per heavy atom. The molecule has 0 saturated heterocycles. The van der Waals surface area contributed by atoms with Gasteiger partial charge in [-0.05, 0) is 48.0 Å². The normalized spacial score (nSPS) is 13.3. The number of nitrogens with zero attached hydrogens (tertiary/aromatic N) is 1. The maximum absolute atomic E-state index is 12.6. The second kappa shape index (κ2) is 8.12. The molecule has 0 saturated carbocycles. The summed E-state index contributed by atoms with van der Waals surface area (Å²) in [4.78, 5) is 38.5. The molecular formula is C23H14ClF3N2O3. The fourth-order valence-electron chi connectivity index (χ4n) is 3.38. The lowest BCUT2D eigenvalue weighted by Gasteiger charge is -2.16. The van der Waals surface area contributed by atoms with Gasteiger partial charge in [-0.25, -0.2) is 4.90 Å². The number of hydrogen-bond acceptors (Lipinski definition) is 3. The van der Waals surface area contributed by atoms with Crippen LogP contribution in [0.2, 0.25) is 5.02 Å². The molecule has 5 nitrogen and oxygen atoms in total. The summed E-state index contributed by atoms with van der Waals surface area (Å²) in [5, 5.41) is 2.68. The Balaban J connectivity index is 1.47. The monoisotopic (exact) mass is 458 g/mol. The third kappa shape index (κ3) is 4.09. The molecule has 1 aliphatic heterocycles. The zero-order chi connectivity index (χ0) is 23.0. The topological polar surface area (TPSA) is 66.5 Å². The summed E-state index contributed by atoms with van der Waals surface area (Å²) < 4.78 is 37.9. The van der Waals surface area contributed by atoms with Gasteiger partial charge in [-0.1, -0.05) is 35.9 Å². The summed E-state index contributed by atoms with van der Waals surface area (Å²) in [6.07, 6.45) is -4.59. The van der Waals surface area contributed by atoms with E-state index < -0.39 is 29.5 Å². The van der Waals surface area contributed by atoms with E-state index in [4.69, 9.17) is 11.6 Å². The molecule has 0 unspecified atom stereocenters. The van der Waals surface area contributed by atoms with Crippen LogP contribution in [0.15, 0.2) is 66.7 Å². The first-order valence-electron chi connectivity index (χ1n) is 9.38. The van der Waals surface area contributed by atoms with Gasteiger partial charge >= 0.3 is 6.18 Å². The van der Waals surface area contributed by atoms with E-state index in [1.54, 1.807) is 24.3 Å². The van der Waals surface area contributed by atoms with E-state index in [1.165, 1.54) is 30.3 Å². The predicted octanol–water partition coefficient (Wildman–Crippen LogP) is 5.34. The van der Waals surface area contributed by atoms with Gasteiger partial charge in [-0.15, -0.1) is 0 Å². The highest BCUT2D eigenvalue weighted by atomic mass is 35.5. The zero-order valence-corrected chi connectivity index (χ0v) is 17.0.